The molecule has 0 aromatic carbocycles. The van der Waals surface area contributed by atoms with Crippen LogP contribution in [0, 0.1) is 5.92 Å². The zero-order valence-electron chi connectivity index (χ0n) is 8.06. The molecule has 78 valence electrons. The van der Waals surface area contributed by atoms with E-state index in [1.807, 2.05) is 13.8 Å². The molecule has 0 spiro atoms. The summed E-state index contributed by atoms with van der Waals surface area (Å²) < 4.78 is 22.6. The van der Waals surface area contributed by atoms with Crippen molar-refractivity contribution < 1.29 is 18.0 Å². The van der Waals surface area contributed by atoms with Gasteiger partial charge in [0.1, 0.15) is 0 Å². The maximum absolute atomic E-state index is 11.1. The molecule has 0 bridgehead atoms. The van der Waals surface area contributed by atoms with Crippen molar-refractivity contribution >= 4 is 16.4 Å². The van der Waals surface area contributed by atoms with Gasteiger partial charge >= 0.3 is 0 Å². The third kappa shape index (κ3) is 4.23. The summed E-state index contributed by atoms with van der Waals surface area (Å²) in [6, 6.07) is 0. The molecule has 0 aliphatic heterocycles. The van der Waals surface area contributed by atoms with Crippen LogP contribution in [0.25, 0.3) is 0 Å². The van der Waals surface area contributed by atoms with Gasteiger partial charge in [-0.1, -0.05) is 13.8 Å². The zero-order valence-corrected chi connectivity index (χ0v) is 8.87. The highest BCUT2D eigenvalue weighted by Crippen LogP contribution is 2.02. The van der Waals surface area contributed by atoms with Crippen LogP contribution in [0.2, 0.25) is 0 Å². The lowest BCUT2D eigenvalue weighted by molar-refractivity contribution is -0.146. The van der Waals surface area contributed by atoms with E-state index in [2.05, 4.69) is 0 Å². The second kappa shape index (κ2) is 5.18. The minimum atomic E-state index is -3.56. The molecular weight excluding hydrogens is 194 g/mol. The summed E-state index contributed by atoms with van der Waals surface area (Å²) in [7, 11) is -3.56. The van der Waals surface area contributed by atoms with E-state index in [9.17, 15) is 13.2 Å². The van der Waals surface area contributed by atoms with Crippen molar-refractivity contribution in [1.82, 2.24) is 4.47 Å². The average Bonchev–Trinajstić information content (AvgIpc) is 2.04. The molecule has 6 heteroatoms. The van der Waals surface area contributed by atoms with Gasteiger partial charge in [0.05, 0.1) is 12.4 Å². The first-order valence-electron chi connectivity index (χ1n) is 4.04. The first kappa shape index (κ1) is 12.4. The molecule has 0 aliphatic rings. The zero-order chi connectivity index (χ0) is 10.5. The van der Waals surface area contributed by atoms with Crippen LogP contribution in [-0.4, -0.2) is 31.7 Å². The SMILES string of the molecule is CCS(=O)(=O)N(C=O)OCC(C)C. The van der Waals surface area contributed by atoms with Crippen LogP contribution in [-0.2, 0) is 19.7 Å². The number of sulfonamides is 1. The minimum absolute atomic E-state index is 0.149. The van der Waals surface area contributed by atoms with Gasteiger partial charge in [-0.15, -0.1) is 4.47 Å². The van der Waals surface area contributed by atoms with Crippen LogP contribution in [0.4, 0.5) is 0 Å². The third-order valence-corrected chi connectivity index (χ3v) is 2.73. The molecule has 0 fully saturated rings. The Balaban J connectivity index is 4.28. The first-order valence-corrected chi connectivity index (χ1v) is 5.65. The number of carbonyl (C=O) groups is 1. The molecule has 0 atom stereocenters. The van der Waals surface area contributed by atoms with E-state index in [1.165, 1.54) is 6.92 Å². The highest BCUT2D eigenvalue weighted by atomic mass is 32.2. The molecule has 0 aromatic heterocycles. The Kier molecular flexibility index (Phi) is 4.94. The normalized spacial score (nSPS) is 11.7. The molecule has 0 unspecified atom stereocenters. The topological polar surface area (TPSA) is 63.7 Å². The second-order valence-corrected chi connectivity index (χ2v) is 5.05. The molecule has 0 saturated heterocycles. The van der Waals surface area contributed by atoms with Gasteiger partial charge < -0.3 is 0 Å². The largest absolute Gasteiger partial charge is 0.275 e. The van der Waals surface area contributed by atoms with E-state index >= 15 is 0 Å². The summed E-state index contributed by atoms with van der Waals surface area (Å²) in [6.07, 6.45) is 0.168. The van der Waals surface area contributed by atoms with Crippen LogP contribution in [0.15, 0.2) is 0 Å². The summed E-state index contributed by atoms with van der Waals surface area (Å²) in [5.74, 6) is 0.0265. The molecule has 0 aliphatic carbocycles. The van der Waals surface area contributed by atoms with Gasteiger partial charge in [0.2, 0.25) is 6.41 Å². The van der Waals surface area contributed by atoms with Crippen molar-refractivity contribution in [1.29, 1.82) is 0 Å². The predicted molar refractivity (Wildman–Crippen MR) is 48.2 cm³/mol. The molecule has 0 radical (unpaired) electrons. The quantitative estimate of drug-likeness (QED) is 0.468. The Morgan fingerprint density at radius 1 is 1.46 bits per heavy atom. The van der Waals surface area contributed by atoms with Crippen molar-refractivity contribution in [3.63, 3.8) is 0 Å². The highest BCUT2D eigenvalue weighted by Gasteiger charge is 2.18. The number of carbonyl (C=O) groups excluding carboxylic acids is 1. The lowest BCUT2D eigenvalue weighted by Gasteiger charge is -2.16. The molecule has 0 saturated carbocycles. The fourth-order valence-electron chi connectivity index (χ4n) is 0.526. The molecule has 0 heterocycles. The van der Waals surface area contributed by atoms with Gasteiger partial charge in [-0.3, -0.25) is 9.63 Å². The number of rotatable bonds is 6. The molecule has 0 N–H and O–H groups in total. The molecule has 0 aromatic rings. The standard InChI is InChI=1S/C7H15NO4S/c1-4-13(10,11)8(6-9)12-5-7(2)3/h6-7H,4-5H2,1-3H3. The van der Waals surface area contributed by atoms with Crippen LogP contribution in [0.5, 0.6) is 0 Å². The second-order valence-electron chi connectivity index (χ2n) is 2.95. The fraction of sp³-hybridized carbons (Fsp3) is 0.857. The van der Waals surface area contributed by atoms with Gasteiger partial charge in [0.25, 0.3) is 10.0 Å². The number of hydrogen-bond donors (Lipinski definition) is 0. The summed E-state index contributed by atoms with van der Waals surface area (Å²) in [4.78, 5) is 15.1. The predicted octanol–water partition coefficient (Wildman–Crippen LogP) is 0.382. The van der Waals surface area contributed by atoms with Crippen LogP contribution >= 0.6 is 0 Å². The first-order chi connectivity index (χ1) is 5.94. The number of nitrogens with zero attached hydrogens (tertiary/aromatic N) is 1. The Morgan fingerprint density at radius 2 is 2.00 bits per heavy atom. The number of hydrogen-bond acceptors (Lipinski definition) is 4. The van der Waals surface area contributed by atoms with Crippen LogP contribution in [0.1, 0.15) is 20.8 Å². The molecule has 0 rings (SSSR count). The minimum Gasteiger partial charge on any atom is -0.275 e. The monoisotopic (exact) mass is 209 g/mol. The van der Waals surface area contributed by atoms with Crippen LogP contribution < -0.4 is 0 Å². The Bertz CT molecular complexity index is 247. The number of hydroxylamine groups is 1. The summed E-state index contributed by atoms with van der Waals surface area (Å²) in [5, 5.41) is 0. The van der Waals surface area contributed by atoms with E-state index in [0.717, 1.165) is 0 Å². The Labute approximate surface area is 78.7 Å². The van der Waals surface area contributed by atoms with Crippen molar-refractivity contribution in [2.75, 3.05) is 12.4 Å². The molecule has 5 nitrogen and oxygen atoms in total. The van der Waals surface area contributed by atoms with Crippen molar-refractivity contribution in [2.24, 2.45) is 5.92 Å². The van der Waals surface area contributed by atoms with Gasteiger partial charge in [0.15, 0.2) is 0 Å². The fourth-order valence-corrected chi connectivity index (χ4v) is 1.13. The number of amides is 1. The average molecular weight is 209 g/mol. The van der Waals surface area contributed by atoms with Gasteiger partial charge in [-0.05, 0) is 12.8 Å². The van der Waals surface area contributed by atoms with Gasteiger partial charge in [-0.2, -0.15) is 0 Å². The van der Waals surface area contributed by atoms with Crippen molar-refractivity contribution in [2.45, 2.75) is 20.8 Å². The summed E-state index contributed by atoms with van der Waals surface area (Å²) in [5.41, 5.74) is 0. The van der Waals surface area contributed by atoms with Crippen molar-refractivity contribution in [3.05, 3.63) is 0 Å². The molecule has 1 amide bonds. The van der Waals surface area contributed by atoms with Gasteiger partial charge in [0, 0.05) is 0 Å². The van der Waals surface area contributed by atoms with Crippen molar-refractivity contribution in [3.8, 4) is 0 Å². The Hall–Kier alpha value is -0.620. The third-order valence-electron chi connectivity index (χ3n) is 1.26. The van der Waals surface area contributed by atoms with Gasteiger partial charge in [-0.25, -0.2) is 8.42 Å². The van der Waals surface area contributed by atoms with Crippen LogP contribution in [0.3, 0.4) is 0 Å². The smallest absolute Gasteiger partial charge is 0.259 e. The maximum Gasteiger partial charge on any atom is 0.259 e. The van der Waals surface area contributed by atoms with E-state index in [1.54, 1.807) is 0 Å². The summed E-state index contributed by atoms with van der Waals surface area (Å²) >= 11 is 0. The van der Waals surface area contributed by atoms with E-state index in [-0.39, 0.29) is 24.7 Å². The van der Waals surface area contributed by atoms with E-state index < -0.39 is 10.0 Å². The highest BCUT2D eigenvalue weighted by molar-refractivity contribution is 7.89. The Morgan fingerprint density at radius 3 is 2.31 bits per heavy atom. The molecular formula is C7H15NO4S. The maximum atomic E-state index is 11.1. The lowest BCUT2D eigenvalue weighted by atomic mass is 10.2. The summed E-state index contributed by atoms with van der Waals surface area (Å²) in [6.45, 7) is 5.38. The van der Waals surface area contributed by atoms with E-state index in [4.69, 9.17) is 4.84 Å². The lowest BCUT2D eigenvalue weighted by Crippen LogP contribution is -2.32. The molecule has 13 heavy (non-hydrogen) atoms. The van der Waals surface area contributed by atoms with E-state index in [0.29, 0.717) is 4.47 Å².